The molecule has 0 amide bonds. The van der Waals surface area contributed by atoms with E-state index in [1.165, 1.54) is 0 Å². The van der Waals surface area contributed by atoms with E-state index in [0.29, 0.717) is 36.2 Å². The van der Waals surface area contributed by atoms with E-state index in [0.717, 1.165) is 17.5 Å². The van der Waals surface area contributed by atoms with Gasteiger partial charge in [0.15, 0.2) is 11.5 Å². The SMILES string of the molecule is CCCOc1cc(Cl)c(CNCC(O)c2ccccc2)cc1OC. The van der Waals surface area contributed by atoms with Gasteiger partial charge >= 0.3 is 0 Å². The van der Waals surface area contributed by atoms with Gasteiger partial charge in [0, 0.05) is 24.2 Å². The summed E-state index contributed by atoms with van der Waals surface area (Å²) >= 11 is 6.33. The van der Waals surface area contributed by atoms with Crippen LogP contribution in [0, 0.1) is 0 Å². The van der Waals surface area contributed by atoms with Crippen LogP contribution in [-0.4, -0.2) is 25.4 Å². The summed E-state index contributed by atoms with van der Waals surface area (Å²) < 4.78 is 11.0. The quantitative estimate of drug-likeness (QED) is 0.719. The van der Waals surface area contributed by atoms with Gasteiger partial charge in [0.1, 0.15) is 0 Å². The Labute approximate surface area is 148 Å². The molecule has 0 fully saturated rings. The third-order valence-electron chi connectivity index (χ3n) is 3.63. The number of rotatable bonds is 9. The lowest BCUT2D eigenvalue weighted by molar-refractivity contribution is 0.174. The van der Waals surface area contributed by atoms with Crippen LogP contribution in [0.1, 0.15) is 30.6 Å². The number of hydrogen-bond acceptors (Lipinski definition) is 4. The van der Waals surface area contributed by atoms with E-state index < -0.39 is 6.10 Å². The van der Waals surface area contributed by atoms with E-state index in [9.17, 15) is 5.11 Å². The normalized spacial score (nSPS) is 12.0. The third-order valence-corrected chi connectivity index (χ3v) is 3.98. The van der Waals surface area contributed by atoms with Gasteiger partial charge in [-0.05, 0) is 23.6 Å². The molecule has 0 aromatic heterocycles. The van der Waals surface area contributed by atoms with E-state index in [-0.39, 0.29) is 0 Å². The van der Waals surface area contributed by atoms with Crippen LogP contribution >= 0.6 is 11.6 Å². The second-order valence-corrected chi connectivity index (χ2v) is 5.91. The van der Waals surface area contributed by atoms with E-state index in [1.807, 2.05) is 43.3 Å². The molecular weight excluding hydrogens is 326 g/mol. The van der Waals surface area contributed by atoms with E-state index >= 15 is 0 Å². The number of hydrogen-bond donors (Lipinski definition) is 2. The van der Waals surface area contributed by atoms with Gasteiger partial charge in [0.25, 0.3) is 0 Å². The summed E-state index contributed by atoms with van der Waals surface area (Å²) in [6.45, 7) is 3.64. The molecule has 2 aromatic rings. The van der Waals surface area contributed by atoms with Crippen molar-refractivity contribution >= 4 is 11.6 Å². The van der Waals surface area contributed by atoms with Gasteiger partial charge < -0.3 is 19.9 Å². The average Bonchev–Trinajstić information content (AvgIpc) is 2.62. The first-order chi connectivity index (χ1) is 11.7. The first-order valence-electron chi connectivity index (χ1n) is 8.08. The number of benzene rings is 2. The fraction of sp³-hybridized carbons (Fsp3) is 0.368. The number of ether oxygens (including phenoxy) is 2. The van der Waals surface area contributed by atoms with Crippen LogP contribution in [0.15, 0.2) is 42.5 Å². The van der Waals surface area contributed by atoms with Crippen molar-refractivity contribution in [2.75, 3.05) is 20.3 Å². The standard InChI is InChI=1S/C19H24ClNO3/c1-3-9-24-19-11-16(20)15(10-18(19)23-2)12-21-13-17(22)14-7-5-4-6-8-14/h4-8,10-11,17,21-22H,3,9,12-13H2,1-2H3. The minimum Gasteiger partial charge on any atom is -0.493 e. The summed E-state index contributed by atoms with van der Waals surface area (Å²) in [4.78, 5) is 0. The van der Waals surface area contributed by atoms with Crippen molar-refractivity contribution in [2.24, 2.45) is 0 Å². The zero-order valence-corrected chi connectivity index (χ0v) is 14.8. The number of halogens is 1. The maximum absolute atomic E-state index is 10.2. The first-order valence-corrected chi connectivity index (χ1v) is 8.46. The molecule has 5 heteroatoms. The number of nitrogens with one attached hydrogen (secondary N) is 1. The van der Waals surface area contributed by atoms with Crippen molar-refractivity contribution in [2.45, 2.75) is 26.0 Å². The van der Waals surface area contributed by atoms with Crippen LogP contribution in [-0.2, 0) is 6.54 Å². The predicted octanol–water partition coefficient (Wildman–Crippen LogP) is 3.96. The molecule has 1 unspecified atom stereocenters. The molecule has 0 radical (unpaired) electrons. The van der Waals surface area contributed by atoms with Crippen LogP contribution in [0.3, 0.4) is 0 Å². The second kappa shape index (κ2) is 9.52. The molecule has 2 aromatic carbocycles. The van der Waals surface area contributed by atoms with E-state index in [2.05, 4.69) is 5.32 Å². The van der Waals surface area contributed by atoms with Crippen LogP contribution < -0.4 is 14.8 Å². The summed E-state index contributed by atoms with van der Waals surface area (Å²) in [5.74, 6) is 1.31. The van der Waals surface area contributed by atoms with Crippen molar-refractivity contribution in [1.82, 2.24) is 5.32 Å². The van der Waals surface area contributed by atoms with Crippen molar-refractivity contribution in [1.29, 1.82) is 0 Å². The summed E-state index contributed by atoms with van der Waals surface area (Å²) in [6.07, 6.45) is 0.362. The smallest absolute Gasteiger partial charge is 0.162 e. The Morgan fingerprint density at radius 3 is 2.58 bits per heavy atom. The fourth-order valence-corrected chi connectivity index (χ4v) is 2.55. The molecule has 4 nitrogen and oxygen atoms in total. The molecule has 0 bridgehead atoms. The van der Waals surface area contributed by atoms with Crippen LogP contribution in [0.5, 0.6) is 11.5 Å². The molecule has 0 heterocycles. The molecule has 0 aliphatic rings. The molecule has 0 aliphatic heterocycles. The highest BCUT2D eigenvalue weighted by Crippen LogP contribution is 2.33. The van der Waals surface area contributed by atoms with Gasteiger partial charge in [-0.25, -0.2) is 0 Å². The minimum absolute atomic E-state index is 0.441. The molecule has 24 heavy (non-hydrogen) atoms. The van der Waals surface area contributed by atoms with Crippen molar-refractivity contribution in [3.05, 3.63) is 58.6 Å². The van der Waals surface area contributed by atoms with Crippen LogP contribution in [0.4, 0.5) is 0 Å². The van der Waals surface area contributed by atoms with Gasteiger partial charge in [-0.2, -0.15) is 0 Å². The summed E-state index contributed by atoms with van der Waals surface area (Å²) in [6, 6.07) is 13.2. The summed E-state index contributed by atoms with van der Waals surface area (Å²) in [7, 11) is 1.61. The summed E-state index contributed by atoms with van der Waals surface area (Å²) in [5.41, 5.74) is 1.79. The molecule has 0 aliphatic carbocycles. The lowest BCUT2D eigenvalue weighted by Crippen LogP contribution is -2.21. The topological polar surface area (TPSA) is 50.7 Å². The van der Waals surface area contributed by atoms with Crippen LogP contribution in [0.25, 0.3) is 0 Å². The molecule has 1 atom stereocenters. The third kappa shape index (κ3) is 5.13. The molecule has 0 spiro atoms. The van der Waals surface area contributed by atoms with Crippen molar-refractivity contribution in [3.8, 4) is 11.5 Å². The molecular formula is C19H24ClNO3. The van der Waals surface area contributed by atoms with E-state index in [1.54, 1.807) is 13.2 Å². The molecule has 130 valence electrons. The van der Waals surface area contributed by atoms with Crippen molar-refractivity contribution < 1.29 is 14.6 Å². The number of aliphatic hydroxyl groups is 1. The van der Waals surface area contributed by atoms with Gasteiger partial charge in [-0.1, -0.05) is 48.9 Å². The highest BCUT2D eigenvalue weighted by Gasteiger charge is 2.12. The fourth-order valence-electron chi connectivity index (χ4n) is 2.33. The first kappa shape index (κ1) is 18.6. The van der Waals surface area contributed by atoms with Gasteiger partial charge in [-0.15, -0.1) is 0 Å². The molecule has 2 N–H and O–H groups in total. The van der Waals surface area contributed by atoms with Crippen molar-refractivity contribution in [3.63, 3.8) is 0 Å². The lowest BCUT2D eigenvalue weighted by Gasteiger charge is -2.15. The lowest BCUT2D eigenvalue weighted by atomic mass is 10.1. The maximum Gasteiger partial charge on any atom is 0.162 e. The predicted molar refractivity (Wildman–Crippen MR) is 96.9 cm³/mol. The zero-order valence-electron chi connectivity index (χ0n) is 14.1. The summed E-state index contributed by atoms with van der Waals surface area (Å²) in [5, 5.41) is 14.0. The van der Waals surface area contributed by atoms with Crippen LogP contribution in [0.2, 0.25) is 5.02 Å². The van der Waals surface area contributed by atoms with Gasteiger partial charge in [0.2, 0.25) is 0 Å². The Bertz CT molecular complexity index is 634. The van der Waals surface area contributed by atoms with Gasteiger partial charge in [-0.3, -0.25) is 0 Å². The minimum atomic E-state index is -0.556. The second-order valence-electron chi connectivity index (χ2n) is 5.50. The Hall–Kier alpha value is -1.75. The zero-order chi connectivity index (χ0) is 17.4. The highest BCUT2D eigenvalue weighted by atomic mass is 35.5. The Morgan fingerprint density at radius 1 is 1.17 bits per heavy atom. The molecule has 2 rings (SSSR count). The number of aliphatic hydroxyl groups excluding tert-OH is 1. The Kier molecular flexibility index (Phi) is 7.37. The monoisotopic (exact) mass is 349 g/mol. The van der Waals surface area contributed by atoms with Gasteiger partial charge in [0.05, 0.1) is 19.8 Å². The van der Waals surface area contributed by atoms with E-state index in [4.69, 9.17) is 21.1 Å². The molecule has 0 saturated heterocycles. The molecule has 0 saturated carbocycles. The Balaban J connectivity index is 1.97. The Morgan fingerprint density at radius 2 is 1.92 bits per heavy atom. The number of methoxy groups -OCH3 is 1. The highest BCUT2D eigenvalue weighted by molar-refractivity contribution is 6.31. The maximum atomic E-state index is 10.2. The largest absolute Gasteiger partial charge is 0.493 e. The average molecular weight is 350 g/mol.